The number of benzene rings is 1. The molecule has 2 aromatic rings. The van der Waals surface area contributed by atoms with Crippen LogP contribution in [0.5, 0.6) is 5.75 Å². The lowest BCUT2D eigenvalue weighted by molar-refractivity contribution is 0.311. The highest BCUT2D eigenvalue weighted by Crippen LogP contribution is 2.18. The van der Waals surface area contributed by atoms with Crippen molar-refractivity contribution >= 4 is 11.8 Å². The smallest absolute Gasteiger partial charge is 0.191 e. The highest BCUT2D eigenvalue weighted by molar-refractivity contribution is 5.79. The first-order valence-electron chi connectivity index (χ1n) is 10.2. The van der Waals surface area contributed by atoms with Crippen molar-refractivity contribution in [3.8, 4) is 5.75 Å². The van der Waals surface area contributed by atoms with Crippen LogP contribution in [-0.4, -0.2) is 43.7 Å². The van der Waals surface area contributed by atoms with Crippen LogP contribution in [0, 0.1) is 0 Å². The maximum atomic E-state index is 5.73. The molecule has 2 heterocycles. The van der Waals surface area contributed by atoms with Crippen LogP contribution in [0.15, 0.2) is 53.7 Å². The number of aliphatic imine (C=N–C) groups is 1. The molecule has 0 radical (unpaired) electrons. The molecule has 2 N–H and O–H groups in total. The number of para-hydroxylation sites is 1. The molecule has 6 heteroatoms. The lowest BCUT2D eigenvalue weighted by Gasteiger charge is -2.16. The molecule has 1 aliphatic rings. The third-order valence-electron chi connectivity index (χ3n) is 4.63. The fraction of sp³-hybridized carbons (Fsp3) is 0.455. The molecule has 0 aliphatic carbocycles. The second kappa shape index (κ2) is 11.2. The standard InChI is InChI=1S/C22H31N5O/c1-2-23-22(25-12-8-16-28-20-9-4-3-5-10-20)26-18-19-11-13-24-21(17-19)27-14-6-7-15-27/h3-5,9-11,13,17H,2,6-8,12,14-16,18H2,1H3,(H2,23,25,26). The van der Waals surface area contributed by atoms with Crippen LogP contribution < -0.4 is 20.3 Å². The first-order valence-corrected chi connectivity index (χ1v) is 10.2. The van der Waals surface area contributed by atoms with E-state index < -0.39 is 0 Å². The first kappa shape index (κ1) is 20.0. The van der Waals surface area contributed by atoms with Gasteiger partial charge >= 0.3 is 0 Å². The van der Waals surface area contributed by atoms with Crippen molar-refractivity contribution < 1.29 is 4.74 Å². The van der Waals surface area contributed by atoms with E-state index in [1.807, 2.05) is 42.6 Å². The largest absolute Gasteiger partial charge is 0.494 e. The average molecular weight is 382 g/mol. The highest BCUT2D eigenvalue weighted by Gasteiger charge is 2.13. The van der Waals surface area contributed by atoms with Crippen LogP contribution in [0.2, 0.25) is 0 Å². The summed E-state index contributed by atoms with van der Waals surface area (Å²) in [4.78, 5) is 11.6. The maximum absolute atomic E-state index is 5.73. The van der Waals surface area contributed by atoms with Gasteiger partial charge in [0.15, 0.2) is 5.96 Å². The normalized spacial score (nSPS) is 14.2. The molecule has 0 atom stereocenters. The number of nitrogens with zero attached hydrogens (tertiary/aromatic N) is 3. The Morgan fingerprint density at radius 2 is 1.96 bits per heavy atom. The Morgan fingerprint density at radius 3 is 2.75 bits per heavy atom. The van der Waals surface area contributed by atoms with Gasteiger partial charge in [-0.15, -0.1) is 0 Å². The number of guanidine groups is 1. The van der Waals surface area contributed by atoms with Crippen LogP contribution in [0.25, 0.3) is 0 Å². The van der Waals surface area contributed by atoms with Gasteiger partial charge in [-0.2, -0.15) is 0 Å². The third kappa shape index (κ3) is 6.44. The summed E-state index contributed by atoms with van der Waals surface area (Å²) in [5, 5.41) is 6.68. The van der Waals surface area contributed by atoms with Gasteiger partial charge in [0.1, 0.15) is 11.6 Å². The number of hydrogen-bond acceptors (Lipinski definition) is 4. The molecule has 6 nitrogen and oxygen atoms in total. The lowest BCUT2D eigenvalue weighted by Crippen LogP contribution is -2.38. The number of anilines is 1. The Hall–Kier alpha value is -2.76. The summed E-state index contributed by atoms with van der Waals surface area (Å²) in [6.07, 6.45) is 5.31. The molecule has 28 heavy (non-hydrogen) atoms. The van der Waals surface area contributed by atoms with E-state index >= 15 is 0 Å². The van der Waals surface area contributed by atoms with Crippen molar-refractivity contribution in [1.82, 2.24) is 15.6 Å². The van der Waals surface area contributed by atoms with Gasteiger partial charge in [0, 0.05) is 32.4 Å². The zero-order chi connectivity index (χ0) is 19.4. The monoisotopic (exact) mass is 381 g/mol. The first-order chi connectivity index (χ1) is 13.8. The molecule has 1 saturated heterocycles. The molecule has 0 spiro atoms. The summed E-state index contributed by atoms with van der Waals surface area (Å²) < 4.78 is 5.73. The molecule has 1 aromatic heterocycles. The van der Waals surface area contributed by atoms with Gasteiger partial charge in [0.2, 0.25) is 0 Å². The third-order valence-corrected chi connectivity index (χ3v) is 4.63. The minimum Gasteiger partial charge on any atom is -0.494 e. The quantitative estimate of drug-likeness (QED) is 0.397. The van der Waals surface area contributed by atoms with Crippen molar-refractivity contribution in [2.45, 2.75) is 32.7 Å². The number of hydrogen-bond donors (Lipinski definition) is 2. The fourth-order valence-electron chi connectivity index (χ4n) is 3.18. The van der Waals surface area contributed by atoms with Crippen molar-refractivity contribution in [3.63, 3.8) is 0 Å². The van der Waals surface area contributed by atoms with E-state index in [2.05, 4.69) is 33.5 Å². The maximum Gasteiger partial charge on any atom is 0.191 e. The molecule has 0 amide bonds. The van der Waals surface area contributed by atoms with E-state index in [9.17, 15) is 0 Å². The SMILES string of the molecule is CCNC(=NCc1ccnc(N2CCCC2)c1)NCCCOc1ccccc1. The Labute approximate surface area is 168 Å². The molecule has 0 saturated carbocycles. The van der Waals surface area contributed by atoms with E-state index in [0.717, 1.165) is 50.1 Å². The van der Waals surface area contributed by atoms with Crippen LogP contribution in [0.1, 0.15) is 31.7 Å². The molecule has 0 unspecified atom stereocenters. The van der Waals surface area contributed by atoms with E-state index in [-0.39, 0.29) is 0 Å². The summed E-state index contributed by atoms with van der Waals surface area (Å²) >= 11 is 0. The molecule has 3 rings (SSSR count). The summed E-state index contributed by atoms with van der Waals surface area (Å²) in [6.45, 7) is 7.26. The van der Waals surface area contributed by atoms with Crippen molar-refractivity contribution in [2.75, 3.05) is 37.7 Å². The number of ether oxygens (including phenoxy) is 1. The molecule has 0 bridgehead atoms. The number of nitrogens with one attached hydrogen (secondary N) is 2. The summed E-state index contributed by atoms with van der Waals surface area (Å²) in [5.74, 6) is 2.82. The van der Waals surface area contributed by atoms with Crippen LogP contribution in [0.3, 0.4) is 0 Å². The van der Waals surface area contributed by atoms with Crippen LogP contribution in [0.4, 0.5) is 5.82 Å². The number of rotatable bonds is 9. The van der Waals surface area contributed by atoms with Gasteiger partial charge < -0.3 is 20.3 Å². The van der Waals surface area contributed by atoms with E-state index in [1.54, 1.807) is 0 Å². The predicted octanol–water partition coefficient (Wildman–Crippen LogP) is 3.21. The average Bonchev–Trinajstić information content (AvgIpc) is 3.28. The van der Waals surface area contributed by atoms with Gasteiger partial charge in [-0.05, 0) is 56.0 Å². The zero-order valence-electron chi connectivity index (χ0n) is 16.7. The molecule has 1 aliphatic heterocycles. The van der Waals surface area contributed by atoms with Gasteiger partial charge in [-0.25, -0.2) is 9.98 Å². The minimum absolute atomic E-state index is 0.638. The summed E-state index contributed by atoms with van der Waals surface area (Å²) in [6, 6.07) is 14.1. The van der Waals surface area contributed by atoms with E-state index in [0.29, 0.717) is 13.2 Å². The topological polar surface area (TPSA) is 61.8 Å². The van der Waals surface area contributed by atoms with Gasteiger partial charge in [-0.3, -0.25) is 0 Å². The predicted molar refractivity (Wildman–Crippen MR) is 115 cm³/mol. The van der Waals surface area contributed by atoms with Crippen molar-refractivity contribution in [1.29, 1.82) is 0 Å². The van der Waals surface area contributed by atoms with E-state index in [1.165, 1.54) is 18.4 Å². The number of aromatic nitrogens is 1. The second-order valence-electron chi connectivity index (χ2n) is 6.85. The Kier molecular flexibility index (Phi) is 7.97. The molecule has 1 fully saturated rings. The number of pyridine rings is 1. The molecule has 150 valence electrons. The Morgan fingerprint density at radius 1 is 1.14 bits per heavy atom. The Bertz CT molecular complexity index is 729. The second-order valence-corrected chi connectivity index (χ2v) is 6.85. The van der Waals surface area contributed by atoms with Gasteiger partial charge in [-0.1, -0.05) is 18.2 Å². The summed E-state index contributed by atoms with van der Waals surface area (Å²) in [7, 11) is 0. The van der Waals surface area contributed by atoms with Crippen molar-refractivity contribution in [3.05, 3.63) is 54.2 Å². The van der Waals surface area contributed by atoms with Crippen LogP contribution >= 0.6 is 0 Å². The molecular weight excluding hydrogens is 350 g/mol. The van der Waals surface area contributed by atoms with Crippen LogP contribution in [-0.2, 0) is 6.54 Å². The zero-order valence-corrected chi connectivity index (χ0v) is 16.7. The van der Waals surface area contributed by atoms with Crippen molar-refractivity contribution in [2.24, 2.45) is 4.99 Å². The fourth-order valence-corrected chi connectivity index (χ4v) is 3.18. The van der Waals surface area contributed by atoms with Gasteiger partial charge in [0.25, 0.3) is 0 Å². The summed E-state index contributed by atoms with van der Waals surface area (Å²) in [5.41, 5.74) is 1.18. The molecular formula is C22H31N5O. The van der Waals surface area contributed by atoms with Gasteiger partial charge in [0.05, 0.1) is 13.2 Å². The highest BCUT2D eigenvalue weighted by atomic mass is 16.5. The molecule has 1 aromatic carbocycles. The lowest BCUT2D eigenvalue weighted by atomic mass is 10.2. The minimum atomic E-state index is 0.638. The Balaban J connectivity index is 1.45. The van der Waals surface area contributed by atoms with E-state index in [4.69, 9.17) is 9.73 Å².